The Morgan fingerprint density at radius 1 is 1.24 bits per heavy atom. The number of aryl methyl sites for hydroxylation is 1. The van der Waals surface area contributed by atoms with Crippen molar-refractivity contribution < 1.29 is 4.39 Å². The summed E-state index contributed by atoms with van der Waals surface area (Å²) >= 11 is 5.88. The van der Waals surface area contributed by atoms with Gasteiger partial charge in [0.15, 0.2) is 0 Å². The third kappa shape index (κ3) is 3.50. The molecule has 1 N–H and O–H groups in total. The van der Waals surface area contributed by atoms with E-state index in [1.807, 2.05) is 13.8 Å². The molecule has 3 nitrogen and oxygen atoms in total. The summed E-state index contributed by atoms with van der Waals surface area (Å²) in [5.41, 5.74) is 2.54. The lowest BCUT2D eigenvalue weighted by atomic mass is 10.1. The SMILES string of the molecule is CCCc1nc(NCC)c(C)c(-c2ccc(F)c(Cl)c2)n1. The van der Waals surface area contributed by atoms with Crippen LogP contribution in [0.25, 0.3) is 11.3 Å². The van der Waals surface area contributed by atoms with Crippen LogP contribution in [0.15, 0.2) is 18.2 Å². The minimum atomic E-state index is -0.423. The van der Waals surface area contributed by atoms with Gasteiger partial charge in [-0.25, -0.2) is 14.4 Å². The van der Waals surface area contributed by atoms with Crippen LogP contribution in [0.1, 0.15) is 31.7 Å². The molecule has 1 aromatic heterocycles. The van der Waals surface area contributed by atoms with Crippen molar-refractivity contribution in [2.24, 2.45) is 0 Å². The molecule has 0 amide bonds. The summed E-state index contributed by atoms with van der Waals surface area (Å²) in [6.07, 6.45) is 1.78. The number of hydrogen-bond acceptors (Lipinski definition) is 3. The van der Waals surface area contributed by atoms with Gasteiger partial charge in [0.05, 0.1) is 10.7 Å². The van der Waals surface area contributed by atoms with Gasteiger partial charge < -0.3 is 5.32 Å². The van der Waals surface area contributed by atoms with E-state index in [-0.39, 0.29) is 5.02 Å². The fraction of sp³-hybridized carbons (Fsp3) is 0.375. The molecule has 0 aliphatic carbocycles. The molecular formula is C16H19ClFN3. The number of aromatic nitrogens is 2. The lowest BCUT2D eigenvalue weighted by Gasteiger charge is -2.13. The first kappa shape index (κ1) is 15.7. The maximum absolute atomic E-state index is 13.3. The van der Waals surface area contributed by atoms with Gasteiger partial charge in [-0.15, -0.1) is 0 Å². The molecule has 0 saturated heterocycles. The van der Waals surface area contributed by atoms with Crippen LogP contribution in [-0.4, -0.2) is 16.5 Å². The average Bonchev–Trinajstić information content (AvgIpc) is 2.46. The predicted molar refractivity (Wildman–Crippen MR) is 85.3 cm³/mol. The van der Waals surface area contributed by atoms with E-state index in [2.05, 4.69) is 22.2 Å². The smallest absolute Gasteiger partial charge is 0.141 e. The molecule has 0 aliphatic rings. The second-order valence-electron chi connectivity index (χ2n) is 4.87. The molecule has 21 heavy (non-hydrogen) atoms. The maximum Gasteiger partial charge on any atom is 0.141 e. The van der Waals surface area contributed by atoms with Gasteiger partial charge >= 0.3 is 0 Å². The van der Waals surface area contributed by atoms with Crippen LogP contribution in [0.5, 0.6) is 0 Å². The van der Waals surface area contributed by atoms with Gasteiger partial charge in [-0.2, -0.15) is 0 Å². The highest BCUT2D eigenvalue weighted by Crippen LogP contribution is 2.29. The maximum atomic E-state index is 13.3. The van der Waals surface area contributed by atoms with Crippen LogP contribution in [0.4, 0.5) is 10.2 Å². The van der Waals surface area contributed by atoms with E-state index < -0.39 is 5.82 Å². The largest absolute Gasteiger partial charge is 0.370 e. The van der Waals surface area contributed by atoms with Gasteiger partial charge in [-0.1, -0.05) is 18.5 Å². The zero-order valence-corrected chi connectivity index (χ0v) is 13.3. The highest BCUT2D eigenvalue weighted by molar-refractivity contribution is 6.31. The molecule has 1 heterocycles. The minimum Gasteiger partial charge on any atom is -0.370 e. The molecule has 0 unspecified atom stereocenters. The van der Waals surface area contributed by atoms with Crippen molar-refractivity contribution in [2.75, 3.05) is 11.9 Å². The molecule has 1 aromatic carbocycles. The lowest BCUT2D eigenvalue weighted by molar-refractivity contribution is 0.628. The Balaban J connectivity index is 2.56. The lowest BCUT2D eigenvalue weighted by Crippen LogP contribution is -2.08. The van der Waals surface area contributed by atoms with Crippen molar-refractivity contribution in [3.8, 4) is 11.3 Å². The van der Waals surface area contributed by atoms with Gasteiger partial charge in [0.25, 0.3) is 0 Å². The Morgan fingerprint density at radius 3 is 2.62 bits per heavy atom. The third-order valence-corrected chi connectivity index (χ3v) is 3.49. The van der Waals surface area contributed by atoms with Crippen LogP contribution in [0, 0.1) is 12.7 Å². The Kier molecular flexibility index (Phi) is 5.12. The first-order valence-corrected chi connectivity index (χ1v) is 7.51. The molecular weight excluding hydrogens is 289 g/mol. The van der Waals surface area contributed by atoms with Crippen LogP contribution in [-0.2, 0) is 6.42 Å². The Bertz CT molecular complexity index is 644. The van der Waals surface area contributed by atoms with Crippen molar-refractivity contribution >= 4 is 17.4 Å². The number of halogens is 2. The summed E-state index contributed by atoms with van der Waals surface area (Å²) in [6, 6.07) is 4.67. The molecule has 0 saturated carbocycles. The molecule has 0 aliphatic heterocycles. The first-order chi connectivity index (χ1) is 10.1. The Hall–Kier alpha value is -1.68. The third-order valence-electron chi connectivity index (χ3n) is 3.20. The van der Waals surface area contributed by atoms with E-state index in [1.54, 1.807) is 12.1 Å². The molecule has 0 bridgehead atoms. The summed E-state index contributed by atoms with van der Waals surface area (Å²) < 4.78 is 13.3. The summed E-state index contributed by atoms with van der Waals surface area (Å²) in [6.45, 7) is 6.85. The number of hydrogen-bond donors (Lipinski definition) is 1. The first-order valence-electron chi connectivity index (χ1n) is 7.13. The van der Waals surface area contributed by atoms with E-state index in [9.17, 15) is 4.39 Å². The van der Waals surface area contributed by atoms with E-state index >= 15 is 0 Å². The number of anilines is 1. The van der Waals surface area contributed by atoms with Gasteiger partial charge in [0, 0.05) is 24.1 Å². The molecule has 2 aromatic rings. The van der Waals surface area contributed by atoms with Crippen LogP contribution in [0.3, 0.4) is 0 Å². The standard InChI is InChI=1S/C16H19ClFN3/c1-4-6-14-20-15(10(3)16(21-14)19-5-2)11-7-8-13(18)12(17)9-11/h7-9H,4-6H2,1-3H3,(H,19,20,21). The minimum absolute atomic E-state index is 0.104. The van der Waals surface area contributed by atoms with E-state index in [0.29, 0.717) is 0 Å². The van der Waals surface area contributed by atoms with Crippen molar-refractivity contribution in [1.82, 2.24) is 9.97 Å². The topological polar surface area (TPSA) is 37.8 Å². The van der Waals surface area contributed by atoms with E-state index in [4.69, 9.17) is 11.6 Å². The van der Waals surface area contributed by atoms with Gasteiger partial charge in [-0.3, -0.25) is 0 Å². The highest BCUT2D eigenvalue weighted by atomic mass is 35.5. The fourth-order valence-electron chi connectivity index (χ4n) is 2.16. The zero-order valence-electron chi connectivity index (χ0n) is 12.5. The number of nitrogens with zero attached hydrogens (tertiary/aromatic N) is 2. The molecule has 0 spiro atoms. The summed E-state index contributed by atoms with van der Waals surface area (Å²) in [7, 11) is 0. The van der Waals surface area contributed by atoms with Crippen LogP contribution in [0.2, 0.25) is 5.02 Å². The van der Waals surface area contributed by atoms with Gasteiger partial charge in [0.2, 0.25) is 0 Å². The second kappa shape index (κ2) is 6.85. The monoisotopic (exact) mass is 307 g/mol. The summed E-state index contributed by atoms with van der Waals surface area (Å²) in [4.78, 5) is 9.16. The van der Waals surface area contributed by atoms with E-state index in [1.165, 1.54) is 6.07 Å². The molecule has 5 heteroatoms. The van der Waals surface area contributed by atoms with Crippen LogP contribution >= 0.6 is 11.6 Å². The fourth-order valence-corrected chi connectivity index (χ4v) is 2.34. The average molecular weight is 308 g/mol. The zero-order chi connectivity index (χ0) is 15.4. The van der Waals surface area contributed by atoms with Crippen LogP contribution < -0.4 is 5.32 Å². The van der Waals surface area contributed by atoms with Crippen molar-refractivity contribution in [1.29, 1.82) is 0 Å². The Morgan fingerprint density at radius 2 is 2.00 bits per heavy atom. The Labute approximate surface area is 129 Å². The molecule has 0 radical (unpaired) electrons. The predicted octanol–water partition coefficient (Wildman–Crippen LogP) is 4.63. The molecule has 0 fully saturated rings. The summed E-state index contributed by atoms with van der Waals surface area (Å²) in [5.74, 6) is 1.19. The van der Waals surface area contributed by atoms with Crippen molar-refractivity contribution in [2.45, 2.75) is 33.6 Å². The second-order valence-corrected chi connectivity index (χ2v) is 5.28. The summed E-state index contributed by atoms with van der Waals surface area (Å²) in [5, 5.41) is 3.36. The van der Waals surface area contributed by atoms with E-state index in [0.717, 1.165) is 47.8 Å². The van der Waals surface area contributed by atoms with Crippen molar-refractivity contribution in [3.05, 3.63) is 40.4 Å². The molecule has 2 rings (SSSR count). The quantitative estimate of drug-likeness (QED) is 0.875. The normalized spacial score (nSPS) is 10.7. The molecule has 112 valence electrons. The number of nitrogens with one attached hydrogen (secondary N) is 1. The van der Waals surface area contributed by atoms with Gasteiger partial charge in [0.1, 0.15) is 17.5 Å². The highest BCUT2D eigenvalue weighted by Gasteiger charge is 2.13. The molecule has 0 atom stereocenters. The number of benzene rings is 1. The number of rotatable bonds is 5. The van der Waals surface area contributed by atoms with Gasteiger partial charge in [-0.05, 0) is 38.5 Å². The van der Waals surface area contributed by atoms with Crippen molar-refractivity contribution in [3.63, 3.8) is 0 Å².